The van der Waals surface area contributed by atoms with Crippen LogP contribution in [0, 0.1) is 0 Å². The zero-order valence-electron chi connectivity index (χ0n) is 9.46. The van der Waals surface area contributed by atoms with Crippen molar-refractivity contribution in [1.82, 2.24) is 9.66 Å². The van der Waals surface area contributed by atoms with Crippen LogP contribution in [0.5, 0.6) is 17.6 Å². The van der Waals surface area contributed by atoms with E-state index in [0.717, 1.165) is 12.1 Å². The van der Waals surface area contributed by atoms with Gasteiger partial charge in [0.25, 0.3) is 0 Å². The van der Waals surface area contributed by atoms with Crippen molar-refractivity contribution < 1.29 is 20.2 Å². The van der Waals surface area contributed by atoms with Crippen molar-refractivity contribution in [2.75, 3.05) is 10.9 Å². The predicted molar refractivity (Wildman–Crippen MR) is 69.6 cm³/mol. The molecule has 9 heteroatoms. The Balaban J connectivity index is 2.19. The van der Waals surface area contributed by atoms with E-state index in [9.17, 15) is 15.4 Å². The van der Waals surface area contributed by atoms with Gasteiger partial charge >= 0.3 is 5.17 Å². The summed E-state index contributed by atoms with van der Waals surface area (Å²) in [5, 5.41) is 28.3. The molecule has 100 valence electrons. The average Bonchev–Trinajstić information content (AvgIpc) is 2.71. The number of nitrogens with two attached hydrogens (primary N) is 1. The molecule has 0 bridgehead atoms. The maximum absolute atomic E-state index is 9.73. The minimum Gasteiger partial charge on any atom is -0.493 e. The van der Waals surface area contributed by atoms with Crippen molar-refractivity contribution in [3.05, 3.63) is 30.5 Å². The van der Waals surface area contributed by atoms with Crippen LogP contribution in [0.4, 0.5) is 5.69 Å². The predicted octanol–water partition coefficient (Wildman–Crippen LogP) is 0.568. The number of hydrogen-bond donors (Lipinski definition) is 4. The summed E-state index contributed by atoms with van der Waals surface area (Å²) in [5.41, 5.74) is 5.82. The van der Waals surface area contributed by atoms with E-state index in [1.807, 2.05) is 0 Å². The van der Waals surface area contributed by atoms with Gasteiger partial charge in [-0.25, -0.2) is 4.98 Å². The largest absolute Gasteiger partial charge is 0.493 e. The number of aromatic nitrogens is 2. The minimum atomic E-state index is -0.479. The van der Waals surface area contributed by atoms with E-state index in [0.29, 0.717) is 4.68 Å². The number of ether oxygens (including phenoxy) is 1. The summed E-state index contributed by atoms with van der Waals surface area (Å²) in [6, 6.07) is 5.47. The summed E-state index contributed by atoms with van der Waals surface area (Å²) in [7, 11) is 0. The highest BCUT2D eigenvalue weighted by atomic mass is 32.1. The first-order chi connectivity index (χ1) is 9.00. The molecule has 8 nitrogen and oxygen atoms in total. The molecule has 0 aliphatic heterocycles. The summed E-state index contributed by atoms with van der Waals surface area (Å²) >= 11 is 4.80. The van der Waals surface area contributed by atoms with Crippen molar-refractivity contribution >= 4 is 23.1 Å². The molecule has 0 radical (unpaired) electrons. The highest BCUT2D eigenvalue weighted by Crippen LogP contribution is 2.22. The summed E-state index contributed by atoms with van der Waals surface area (Å²) in [6.07, 6.45) is 1.43. The van der Waals surface area contributed by atoms with Gasteiger partial charge in [-0.2, -0.15) is 4.68 Å². The van der Waals surface area contributed by atoms with Crippen molar-refractivity contribution in [1.29, 1.82) is 0 Å². The van der Waals surface area contributed by atoms with Crippen LogP contribution in [-0.2, 0) is 0 Å². The first kappa shape index (κ1) is 12.9. The normalized spacial score (nSPS) is 10.2. The third-order valence-electron chi connectivity index (χ3n) is 2.15. The lowest BCUT2D eigenvalue weighted by atomic mass is 10.4. The number of nitrogen functional groups attached to an aromatic ring is 1. The molecule has 2 aromatic rings. The Kier molecular flexibility index (Phi) is 3.40. The number of pyridine rings is 1. The fourth-order valence-corrected chi connectivity index (χ4v) is 1.46. The Morgan fingerprint density at radius 1 is 1.32 bits per heavy atom. The Labute approximate surface area is 112 Å². The molecule has 0 unspecified atom stereocenters. The molecule has 0 saturated heterocycles. The van der Waals surface area contributed by atoms with Gasteiger partial charge in [0.15, 0.2) is 0 Å². The molecule has 0 amide bonds. The van der Waals surface area contributed by atoms with Crippen LogP contribution in [0.3, 0.4) is 0 Å². The molecule has 0 saturated carbocycles. The second-order valence-corrected chi connectivity index (χ2v) is 3.77. The van der Waals surface area contributed by atoms with Crippen LogP contribution in [0.2, 0.25) is 0 Å². The molecule has 0 fully saturated rings. The first-order valence-electron chi connectivity index (χ1n) is 5.02. The van der Waals surface area contributed by atoms with Gasteiger partial charge in [0.1, 0.15) is 0 Å². The van der Waals surface area contributed by atoms with Gasteiger partial charge in [0.2, 0.25) is 17.6 Å². The Hall–Kier alpha value is -2.52. The molecule has 19 heavy (non-hydrogen) atoms. The summed E-state index contributed by atoms with van der Waals surface area (Å²) in [5.74, 6) is -0.863. The standard InChI is InChI=1S/C10H10N4O4S/c11-6-2-1-5-12-9(6)18-10(19)14(17)13-7(15)3-4-8(13)16/h1-5,15-17H,11H2. The summed E-state index contributed by atoms with van der Waals surface area (Å²) in [6.45, 7) is 0. The lowest BCUT2D eigenvalue weighted by Gasteiger charge is -2.19. The van der Waals surface area contributed by atoms with Gasteiger partial charge < -0.3 is 20.7 Å². The topological polar surface area (TPSA) is 117 Å². The van der Waals surface area contributed by atoms with Crippen molar-refractivity contribution in [3.63, 3.8) is 0 Å². The average molecular weight is 282 g/mol. The lowest BCUT2D eigenvalue weighted by molar-refractivity contribution is 0.188. The molecule has 2 heterocycles. The van der Waals surface area contributed by atoms with Crippen LogP contribution in [0.1, 0.15) is 0 Å². The second kappa shape index (κ2) is 5.00. The van der Waals surface area contributed by atoms with E-state index >= 15 is 0 Å². The van der Waals surface area contributed by atoms with E-state index < -0.39 is 16.9 Å². The first-order valence-corrected chi connectivity index (χ1v) is 5.43. The zero-order chi connectivity index (χ0) is 14.0. The molecule has 2 aromatic heterocycles. The quantitative estimate of drug-likeness (QED) is 0.466. The van der Waals surface area contributed by atoms with Gasteiger partial charge in [0, 0.05) is 18.3 Å². The van der Waals surface area contributed by atoms with E-state index in [4.69, 9.17) is 22.7 Å². The number of nitrogens with zero attached hydrogens (tertiary/aromatic N) is 3. The summed E-state index contributed by atoms with van der Waals surface area (Å²) < 4.78 is 5.70. The van der Waals surface area contributed by atoms with Gasteiger partial charge in [-0.05, 0) is 24.4 Å². The monoisotopic (exact) mass is 282 g/mol. The number of anilines is 1. The fraction of sp³-hybridized carbons (Fsp3) is 0. The number of hydroxylamine groups is 1. The highest BCUT2D eigenvalue weighted by molar-refractivity contribution is 7.80. The molecule has 5 N–H and O–H groups in total. The highest BCUT2D eigenvalue weighted by Gasteiger charge is 2.19. The van der Waals surface area contributed by atoms with Gasteiger partial charge in [-0.1, -0.05) is 0 Å². The Bertz CT molecular complexity index is 596. The van der Waals surface area contributed by atoms with E-state index in [2.05, 4.69) is 4.98 Å². The molecule has 2 rings (SSSR count). The maximum Gasteiger partial charge on any atom is 0.311 e. The molecule has 0 atom stereocenters. The van der Waals surface area contributed by atoms with Crippen LogP contribution in [-0.4, -0.2) is 30.3 Å². The summed E-state index contributed by atoms with van der Waals surface area (Å²) in [4.78, 5) is 3.82. The third-order valence-corrected chi connectivity index (χ3v) is 2.40. The second-order valence-electron chi connectivity index (χ2n) is 3.42. The third kappa shape index (κ3) is 2.51. The van der Waals surface area contributed by atoms with E-state index in [1.54, 1.807) is 6.07 Å². The van der Waals surface area contributed by atoms with Gasteiger partial charge in [-0.15, -0.1) is 5.17 Å². The molecular weight excluding hydrogens is 272 g/mol. The number of hydrogen-bond acceptors (Lipinski definition) is 7. The fourth-order valence-electron chi connectivity index (χ4n) is 1.30. The molecule has 0 aliphatic carbocycles. The maximum atomic E-state index is 9.73. The minimum absolute atomic E-state index is 0.00214. The smallest absolute Gasteiger partial charge is 0.311 e. The molecule has 0 aliphatic rings. The van der Waals surface area contributed by atoms with Gasteiger partial charge in [-0.3, -0.25) is 5.21 Å². The van der Waals surface area contributed by atoms with Crippen molar-refractivity contribution in [2.45, 2.75) is 0 Å². The lowest BCUT2D eigenvalue weighted by Crippen LogP contribution is -2.38. The number of rotatable bonds is 2. The van der Waals surface area contributed by atoms with E-state index in [-0.39, 0.29) is 16.7 Å². The van der Waals surface area contributed by atoms with Crippen LogP contribution < -0.4 is 15.6 Å². The molecule has 0 aromatic carbocycles. The Morgan fingerprint density at radius 3 is 2.53 bits per heavy atom. The number of thiocarbonyl (C=S) groups is 1. The van der Waals surface area contributed by atoms with Crippen molar-refractivity contribution in [3.8, 4) is 17.6 Å². The van der Waals surface area contributed by atoms with Crippen LogP contribution in [0.25, 0.3) is 0 Å². The molecular formula is C10H10N4O4S. The molecule has 0 spiro atoms. The van der Waals surface area contributed by atoms with E-state index in [1.165, 1.54) is 12.3 Å². The van der Waals surface area contributed by atoms with Crippen LogP contribution >= 0.6 is 12.2 Å². The Morgan fingerprint density at radius 2 is 1.95 bits per heavy atom. The van der Waals surface area contributed by atoms with Gasteiger partial charge in [0.05, 0.1) is 5.69 Å². The van der Waals surface area contributed by atoms with Crippen LogP contribution in [0.15, 0.2) is 30.5 Å². The SMILES string of the molecule is Nc1cccnc1OC(=S)N(O)n1c(O)ccc1O. The number of aromatic hydroxyl groups is 2. The zero-order valence-corrected chi connectivity index (χ0v) is 10.3. The van der Waals surface area contributed by atoms with Crippen molar-refractivity contribution in [2.24, 2.45) is 0 Å².